The van der Waals surface area contributed by atoms with Crippen LogP contribution in [0.25, 0.3) is 0 Å². The Morgan fingerprint density at radius 1 is 1.43 bits per heavy atom. The van der Waals surface area contributed by atoms with Crippen molar-refractivity contribution in [2.75, 3.05) is 5.43 Å². The number of hydrazine groups is 1. The molecule has 23 heavy (non-hydrogen) atoms. The van der Waals surface area contributed by atoms with Crippen LogP contribution in [0, 0.1) is 0 Å². The average molecular weight is 320 g/mol. The fourth-order valence-corrected chi connectivity index (χ4v) is 2.02. The highest BCUT2D eigenvalue weighted by atomic mass is 16.7. The first kappa shape index (κ1) is 16.4. The number of amides is 2. The summed E-state index contributed by atoms with van der Waals surface area (Å²) in [5.41, 5.74) is 3.49. The lowest BCUT2D eigenvalue weighted by molar-refractivity contribution is -0.172. The van der Waals surface area contributed by atoms with E-state index in [0.717, 1.165) is 0 Å². The van der Waals surface area contributed by atoms with Crippen molar-refractivity contribution in [2.24, 2.45) is 16.8 Å². The molecule has 0 radical (unpaired) electrons. The Kier molecular flexibility index (Phi) is 4.86. The molecule has 1 fully saturated rings. The van der Waals surface area contributed by atoms with E-state index in [1.165, 1.54) is 12.3 Å². The minimum Gasteiger partial charge on any atom is -0.325 e. The van der Waals surface area contributed by atoms with Gasteiger partial charge >= 0.3 is 5.97 Å². The highest BCUT2D eigenvalue weighted by molar-refractivity contribution is 6.03. The molecular weight excluding hydrogens is 304 g/mol. The molecule has 0 saturated carbocycles. The number of anilines is 1. The number of nitrogens with two attached hydrogens (primary N) is 2. The van der Waals surface area contributed by atoms with Crippen LogP contribution < -0.4 is 17.1 Å². The van der Waals surface area contributed by atoms with Crippen LogP contribution in [0.2, 0.25) is 0 Å². The minimum atomic E-state index is -0.871. The van der Waals surface area contributed by atoms with E-state index in [1.807, 2.05) is 0 Å². The van der Waals surface area contributed by atoms with Gasteiger partial charge in [0.05, 0.1) is 5.56 Å². The lowest BCUT2D eigenvalue weighted by Gasteiger charge is -2.14. The summed E-state index contributed by atoms with van der Waals surface area (Å²) >= 11 is 0. The number of nitrogens with one attached hydrogen (secondary N) is 1. The molecular formula is C13H16N6O4. The van der Waals surface area contributed by atoms with Gasteiger partial charge in [0.2, 0.25) is 0 Å². The summed E-state index contributed by atoms with van der Waals surface area (Å²) in [6.07, 6.45) is 1.53. The third-order valence-electron chi connectivity index (χ3n) is 3.20. The number of hydrogen-bond acceptors (Lipinski definition) is 9. The number of hydrazone groups is 1. The number of pyridine rings is 1. The maximum Gasteiger partial charge on any atom is 0.365 e. The van der Waals surface area contributed by atoms with Gasteiger partial charge in [-0.15, -0.1) is 5.06 Å². The van der Waals surface area contributed by atoms with Crippen molar-refractivity contribution in [1.82, 2.24) is 10.0 Å². The van der Waals surface area contributed by atoms with Gasteiger partial charge in [0.15, 0.2) is 0 Å². The van der Waals surface area contributed by atoms with Crippen molar-refractivity contribution in [3.05, 3.63) is 23.4 Å². The van der Waals surface area contributed by atoms with Crippen molar-refractivity contribution >= 4 is 29.3 Å². The van der Waals surface area contributed by atoms with Gasteiger partial charge < -0.3 is 16.1 Å². The number of hydroxylamine groups is 2. The molecule has 1 saturated heterocycles. The van der Waals surface area contributed by atoms with Gasteiger partial charge in [-0.25, -0.2) is 15.6 Å². The summed E-state index contributed by atoms with van der Waals surface area (Å²) in [5, 5.41) is 4.02. The summed E-state index contributed by atoms with van der Waals surface area (Å²) in [6.45, 7) is 1.68. The summed E-state index contributed by atoms with van der Waals surface area (Å²) in [7, 11) is 0. The highest BCUT2D eigenvalue weighted by Crippen LogP contribution is 2.18. The van der Waals surface area contributed by atoms with Crippen molar-refractivity contribution < 1.29 is 19.2 Å². The minimum absolute atomic E-state index is 0.0200. The molecule has 1 aromatic heterocycles. The van der Waals surface area contributed by atoms with Gasteiger partial charge in [0, 0.05) is 31.2 Å². The zero-order chi connectivity index (χ0) is 17.0. The molecule has 10 nitrogen and oxygen atoms in total. The Labute approximate surface area is 131 Å². The van der Waals surface area contributed by atoms with Crippen LogP contribution in [-0.2, 0) is 20.8 Å². The number of nitrogens with zero attached hydrogens (tertiary/aromatic N) is 3. The van der Waals surface area contributed by atoms with Gasteiger partial charge in [0.25, 0.3) is 11.8 Å². The zero-order valence-corrected chi connectivity index (χ0v) is 12.4. The summed E-state index contributed by atoms with van der Waals surface area (Å²) in [6, 6.07) is 1.53. The third-order valence-corrected chi connectivity index (χ3v) is 3.20. The third kappa shape index (κ3) is 3.61. The van der Waals surface area contributed by atoms with E-state index < -0.39 is 17.8 Å². The van der Waals surface area contributed by atoms with Crippen molar-refractivity contribution in [3.63, 3.8) is 0 Å². The van der Waals surface area contributed by atoms with Crippen LogP contribution in [0.3, 0.4) is 0 Å². The van der Waals surface area contributed by atoms with Gasteiger partial charge in [-0.2, -0.15) is 5.10 Å². The second-order valence-electron chi connectivity index (χ2n) is 4.87. The lowest BCUT2D eigenvalue weighted by Crippen LogP contribution is -2.32. The second kappa shape index (κ2) is 6.83. The van der Waals surface area contributed by atoms with Crippen LogP contribution in [0.15, 0.2) is 17.4 Å². The quantitative estimate of drug-likeness (QED) is 0.283. The zero-order valence-electron chi connectivity index (χ0n) is 12.4. The number of imide groups is 1. The smallest absolute Gasteiger partial charge is 0.325 e. The lowest BCUT2D eigenvalue weighted by atomic mass is 10.0. The Hall–Kier alpha value is -3.01. The molecule has 1 aromatic rings. The molecule has 10 heteroatoms. The molecule has 0 unspecified atom stereocenters. The number of nitrogen functional groups attached to an aromatic ring is 1. The molecule has 0 bridgehead atoms. The first-order valence-electron chi connectivity index (χ1n) is 6.73. The summed E-state index contributed by atoms with van der Waals surface area (Å²) in [5.74, 6) is 8.84. The van der Waals surface area contributed by atoms with Gasteiger partial charge in [-0.3, -0.25) is 9.59 Å². The molecule has 0 spiro atoms. The van der Waals surface area contributed by atoms with E-state index in [4.69, 9.17) is 16.5 Å². The fourth-order valence-electron chi connectivity index (χ4n) is 2.02. The number of carbonyl (C=O) groups excluding carboxylic acids is 3. The first-order valence-corrected chi connectivity index (χ1v) is 6.73. The molecule has 5 N–H and O–H groups in total. The molecule has 122 valence electrons. The van der Waals surface area contributed by atoms with E-state index in [9.17, 15) is 14.4 Å². The standard InChI is InChI=1S/C13H16N6O4/c1-7(17-14)4-8-5-10(18-15)16-6-9(8)13(22)23-19-11(20)2-3-12(19)21/h5-6H,2-4,14-15H2,1H3,(H,16,18). The monoisotopic (exact) mass is 320 g/mol. The van der Waals surface area contributed by atoms with E-state index in [0.29, 0.717) is 22.2 Å². The average Bonchev–Trinajstić information content (AvgIpc) is 2.86. The summed E-state index contributed by atoms with van der Waals surface area (Å²) < 4.78 is 0. The molecule has 0 atom stereocenters. The SMILES string of the molecule is CC(Cc1cc(NN)ncc1C(=O)ON1C(=O)CCC1=O)=NN. The Balaban J connectivity index is 2.28. The van der Waals surface area contributed by atoms with E-state index in [-0.39, 0.29) is 24.8 Å². The van der Waals surface area contributed by atoms with Crippen LogP contribution >= 0.6 is 0 Å². The Morgan fingerprint density at radius 2 is 2.09 bits per heavy atom. The fraction of sp³-hybridized carbons (Fsp3) is 0.308. The maximum atomic E-state index is 12.3. The predicted molar refractivity (Wildman–Crippen MR) is 79.5 cm³/mol. The molecule has 2 amide bonds. The predicted octanol–water partition coefficient (Wildman–Crippen LogP) is -0.535. The Morgan fingerprint density at radius 3 is 2.65 bits per heavy atom. The summed E-state index contributed by atoms with van der Waals surface area (Å²) in [4.78, 5) is 44.1. The number of rotatable bonds is 5. The highest BCUT2D eigenvalue weighted by Gasteiger charge is 2.33. The molecule has 0 aliphatic carbocycles. The van der Waals surface area contributed by atoms with E-state index in [1.54, 1.807) is 6.92 Å². The molecule has 2 rings (SSSR count). The topological polar surface area (TPSA) is 153 Å². The van der Waals surface area contributed by atoms with Crippen LogP contribution in [0.4, 0.5) is 5.82 Å². The molecule has 1 aliphatic rings. The van der Waals surface area contributed by atoms with Crippen molar-refractivity contribution in [3.8, 4) is 0 Å². The molecule has 0 aromatic carbocycles. The number of hydrogen-bond donors (Lipinski definition) is 3. The van der Waals surface area contributed by atoms with Crippen LogP contribution in [0.1, 0.15) is 35.7 Å². The molecule has 1 aliphatic heterocycles. The molecule has 2 heterocycles. The van der Waals surface area contributed by atoms with E-state index >= 15 is 0 Å². The first-order chi connectivity index (χ1) is 11.0. The number of carbonyl (C=O) groups is 3. The maximum absolute atomic E-state index is 12.3. The van der Waals surface area contributed by atoms with Crippen LogP contribution in [0.5, 0.6) is 0 Å². The van der Waals surface area contributed by atoms with Gasteiger partial charge in [0.1, 0.15) is 5.82 Å². The second-order valence-corrected chi connectivity index (χ2v) is 4.87. The normalized spacial score (nSPS) is 15.0. The van der Waals surface area contributed by atoms with Crippen molar-refractivity contribution in [1.29, 1.82) is 0 Å². The van der Waals surface area contributed by atoms with Gasteiger partial charge in [-0.1, -0.05) is 0 Å². The number of aromatic nitrogens is 1. The van der Waals surface area contributed by atoms with Crippen LogP contribution in [-0.4, -0.2) is 33.5 Å². The van der Waals surface area contributed by atoms with Crippen molar-refractivity contribution in [2.45, 2.75) is 26.2 Å². The Bertz CT molecular complexity index is 671. The van der Waals surface area contributed by atoms with E-state index in [2.05, 4.69) is 15.5 Å². The largest absolute Gasteiger partial charge is 0.365 e. The van der Waals surface area contributed by atoms with Gasteiger partial charge in [-0.05, 0) is 18.6 Å².